The van der Waals surface area contributed by atoms with E-state index in [0.717, 1.165) is 11.8 Å². The van der Waals surface area contributed by atoms with Crippen molar-refractivity contribution in [3.8, 4) is 5.75 Å². The number of benzene rings is 2. The maximum Gasteiger partial charge on any atom is 0.213 e. The molecule has 0 bridgehead atoms. The standard InChI is InChI=1S/C18H16O5S/c1-3-22-13-6-9-15-16(10-13)23-11-17(18(15)19)24(20,21)14-7-4-12(2)5-8-14/h4-11H,3H2,1-2H3. The van der Waals surface area contributed by atoms with E-state index >= 15 is 0 Å². The molecule has 24 heavy (non-hydrogen) atoms. The Kier molecular flexibility index (Phi) is 4.15. The van der Waals surface area contributed by atoms with Crippen LogP contribution in [0, 0.1) is 6.92 Å². The zero-order valence-corrected chi connectivity index (χ0v) is 14.1. The van der Waals surface area contributed by atoms with Crippen LogP contribution in [-0.2, 0) is 9.84 Å². The molecule has 0 saturated carbocycles. The van der Waals surface area contributed by atoms with Crippen LogP contribution < -0.4 is 10.2 Å². The first-order valence-electron chi connectivity index (χ1n) is 7.43. The fraction of sp³-hybridized carbons (Fsp3) is 0.167. The van der Waals surface area contributed by atoms with E-state index in [4.69, 9.17) is 9.15 Å². The molecule has 0 aliphatic carbocycles. The molecule has 0 unspecified atom stereocenters. The van der Waals surface area contributed by atoms with Crippen molar-refractivity contribution in [3.63, 3.8) is 0 Å². The van der Waals surface area contributed by atoms with Gasteiger partial charge < -0.3 is 9.15 Å². The van der Waals surface area contributed by atoms with E-state index in [0.29, 0.717) is 12.4 Å². The van der Waals surface area contributed by atoms with Crippen LogP contribution in [0.25, 0.3) is 11.0 Å². The summed E-state index contributed by atoms with van der Waals surface area (Å²) >= 11 is 0. The third-order valence-corrected chi connectivity index (χ3v) is 5.40. The number of fused-ring (bicyclic) bond motifs is 1. The number of aryl methyl sites for hydroxylation is 1. The molecule has 6 heteroatoms. The highest BCUT2D eigenvalue weighted by molar-refractivity contribution is 7.91. The Morgan fingerprint density at radius 3 is 2.46 bits per heavy atom. The Labute approximate surface area is 139 Å². The van der Waals surface area contributed by atoms with Gasteiger partial charge in [0.15, 0.2) is 4.90 Å². The molecule has 0 aliphatic rings. The minimum absolute atomic E-state index is 0.0608. The maximum absolute atomic E-state index is 12.7. The van der Waals surface area contributed by atoms with Crippen LogP contribution >= 0.6 is 0 Å². The second-order valence-electron chi connectivity index (χ2n) is 5.34. The van der Waals surface area contributed by atoms with E-state index in [1.54, 1.807) is 24.3 Å². The molecule has 1 aromatic heterocycles. The third kappa shape index (κ3) is 2.80. The monoisotopic (exact) mass is 344 g/mol. The van der Waals surface area contributed by atoms with E-state index in [9.17, 15) is 13.2 Å². The summed E-state index contributed by atoms with van der Waals surface area (Å²) in [5, 5.41) is 0.201. The predicted octanol–water partition coefficient (Wildman–Crippen LogP) is 3.33. The zero-order chi connectivity index (χ0) is 17.3. The van der Waals surface area contributed by atoms with Crippen LogP contribution in [0.2, 0.25) is 0 Å². The van der Waals surface area contributed by atoms with E-state index < -0.39 is 15.3 Å². The Morgan fingerprint density at radius 2 is 1.79 bits per heavy atom. The lowest BCUT2D eigenvalue weighted by Gasteiger charge is -2.07. The van der Waals surface area contributed by atoms with Crippen molar-refractivity contribution in [1.82, 2.24) is 0 Å². The van der Waals surface area contributed by atoms with Gasteiger partial charge in [0, 0.05) is 6.07 Å². The van der Waals surface area contributed by atoms with Gasteiger partial charge in [0.1, 0.15) is 17.6 Å². The highest BCUT2D eigenvalue weighted by Gasteiger charge is 2.23. The van der Waals surface area contributed by atoms with Crippen molar-refractivity contribution < 1.29 is 17.6 Å². The number of hydrogen-bond donors (Lipinski definition) is 0. The zero-order valence-electron chi connectivity index (χ0n) is 13.3. The van der Waals surface area contributed by atoms with Gasteiger partial charge in [-0.1, -0.05) is 17.7 Å². The lowest BCUT2D eigenvalue weighted by atomic mass is 10.2. The molecule has 124 valence electrons. The van der Waals surface area contributed by atoms with Gasteiger partial charge in [-0.05, 0) is 38.1 Å². The Morgan fingerprint density at radius 1 is 1.08 bits per heavy atom. The molecular weight excluding hydrogens is 328 g/mol. The summed E-state index contributed by atoms with van der Waals surface area (Å²) in [5.74, 6) is 0.558. The van der Waals surface area contributed by atoms with Crippen molar-refractivity contribution in [2.24, 2.45) is 0 Å². The smallest absolute Gasteiger partial charge is 0.213 e. The summed E-state index contributed by atoms with van der Waals surface area (Å²) in [6, 6.07) is 11.0. The Hall–Kier alpha value is -2.60. The van der Waals surface area contributed by atoms with Gasteiger partial charge in [-0.2, -0.15) is 0 Å². The number of sulfone groups is 1. The number of rotatable bonds is 4. The molecule has 0 fully saturated rings. The quantitative estimate of drug-likeness (QED) is 0.726. The minimum atomic E-state index is -3.94. The molecule has 0 radical (unpaired) electrons. The first kappa shape index (κ1) is 16.3. The van der Waals surface area contributed by atoms with Gasteiger partial charge in [0.2, 0.25) is 15.3 Å². The summed E-state index contributed by atoms with van der Waals surface area (Å²) in [7, 11) is -3.94. The van der Waals surface area contributed by atoms with Gasteiger partial charge in [0.25, 0.3) is 0 Å². The van der Waals surface area contributed by atoms with Gasteiger partial charge in [0.05, 0.1) is 16.9 Å². The van der Waals surface area contributed by atoms with Crippen LogP contribution in [0.15, 0.2) is 67.7 Å². The Bertz CT molecular complexity index is 1050. The normalized spacial score (nSPS) is 11.6. The van der Waals surface area contributed by atoms with Crippen LogP contribution in [0.3, 0.4) is 0 Å². The summed E-state index contributed by atoms with van der Waals surface area (Å²) in [5.41, 5.74) is 0.636. The van der Waals surface area contributed by atoms with E-state index in [-0.39, 0.29) is 20.8 Å². The second kappa shape index (κ2) is 6.13. The van der Waals surface area contributed by atoms with E-state index in [2.05, 4.69) is 0 Å². The Balaban J connectivity index is 2.16. The molecule has 0 spiro atoms. The molecule has 0 aliphatic heterocycles. The predicted molar refractivity (Wildman–Crippen MR) is 90.3 cm³/mol. The summed E-state index contributed by atoms with van der Waals surface area (Å²) in [4.78, 5) is 12.3. The highest BCUT2D eigenvalue weighted by atomic mass is 32.2. The molecule has 0 N–H and O–H groups in total. The van der Waals surface area contributed by atoms with Gasteiger partial charge >= 0.3 is 0 Å². The lowest BCUT2D eigenvalue weighted by molar-refractivity contribution is 0.340. The van der Waals surface area contributed by atoms with Crippen LogP contribution in [0.4, 0.5) is 0 Å². The number of ether oxygens (including phenoxy) is 1. The first-order chi connectivity index (χ1) is 11.4. The van der Waals surface area contributed by atoms with Crippen molar-refractivity contribution in [1.29, 1.82) is 0 Å². The number of hydrogen-bond acceptors (Lipinski definition) is 5. The van der Waals surface area contributed by atoms with Crippen LogP contribution in [-0.4, -0.2) is 15.0 Å². The topological polar surface area (TPSA) is 73.6 Å². The molecule has 0 saturated heterocycles. The third-order valence-electron chi connectivity index (χ3n) is 3.65. The fourth-order valence-corrected chi connectivity index (χ4v) is 3.65. The van der Waals surface area contributed by atoms with Crippen molar-refractivity contribution >= 4 is 20.8 Å². The molecule has 5 nitrogen and oxygen atoms in total. The molecule has 3 aromatic rings. The summed E-state index contributed by atoms with van der Waals surface area (Å²) < 4.78 is 36.1. The first-order valence-corrected chi connectivity index (χ1v) is 8.92. The lowest BCUT2D eigenvalue weighted by Crippen LogP contribution is -2.15. The minimum Gasteiger partial charge on any atom is -0.494 e. The molecule has 0 amide bonds. The molecular formula is C18H16O5S. The van der Waals surface area contributed by atoms with Gasteiger partial charge in [-0.25, -0.2) is 8.42 Å². The average molecular weight is 344 g/mol. The maximum atomic E-state index is 12.7. The van der Waals surface area contributed by atoms with Gasteiger partial charge in [-0.15, -0.1) is 0 Å². The molecule has 0 atom stereocenters. The highest BCUT2D eigenvalue weighted by Crippen LogP contribution is 2.23. The van der Waals surface area contributed by atoms with E-state index in [1.807, 2.05) is 13.8 Å². The van der Waals surface area contributed by atoms with Crippen LogP contribution in [0.5, 0.6) is 5.75 Å². The second-order valence-corrected chi connectivity index (χ2v) is 7.25. The SMILES string of the molecule is CCOc1ccc2c(=O)c(S(=O)(=O)c3ccc(C)cc3)coc2c1. The van der Waals surface area contributed by atoms with E-state index in [1.165, 1.54) is 18.2 Å². The molecule has 1 heterocycles. The molecule has 3 rings (SSSR count). The summed E-state index contributed by atoms with van der Waals surface area (Å²) in [6.07, 6.45) is 0.996. The van der Waals surface area contributed by atoms with Crippen molar-refractivity contribution in [2.75, 3.05) is 6.61 Å². The van der Waals surface area contributed by atoms with Gasteiger partial charge in [-0.3, -0.25) is 4.79 Å². The van der Waals surface area contributed by atoms with Crippen LogP contribution in [0.1, 0.15) is 12.5 Å². The molecule has 2 aromatic carbocycles. The summed E-state index contributed by atoms with van der Waals surface area (Å²) in [6.45, 7) is 4.18. The largest absolute Gasteiger partial charge is 0.494 e. The fourth-order valence-electron chi connectivity index (χ4n) is 2.38. The van der Waals surface area contributed by atoms with Crippen molar-refractivity contribution in [2.45, 2.75) is 23.6 Å². The van der Waals surface area contributed by atoms with Crippen molar-refractivity contribution in [3.05, 3.63) is 64.5 Å². The average Bonchev–Trinajstić information content (AvgIpc) is 2.55.